The monoisotopic (exact) mass is 265 g/mol. The van der Waals surface area contributed by atoms with Gasteiger partial charge in [-0.05, 0) is 42.0 Å². The second-order valence-corrected chi connectivity index (χ2v) is 4.38. The fraction of sp³-hybridized carbons (Fsp3) is 0.143. The fourth-order valence-corrected chi connectivity index (χ4v) is 1.90. The van der Waals surface area contributed by atoms with Gasteiger partial charge in [-0.1, -0.05) is 23.7 Å². The molecule has 0 amide bonds. The second kappa shape index (κ2) is 5.85. The van der Waals surface area contributed by atoms with Gasteiger partial charge in [0.05, 0.1) is 12.6 Å². The van der Waals surface area contributed by atoms with Gasteiger partial charge in [-0.2, -0.15) is 0 Å². The topological polar surface area (TPSA) is 32.3 Å². The molecule has 0 saturated heterocycles. The Hall–Kier alpha value is -1.58. The van der Waals surface area contributed by atoms with E-state index in [-0.39, 0.29) is 18.5 Å². The highest BCUT2D eigenvalue weighted by molar-refractivity contribution is 6.30. The molecule has 0 aliphatic carbocycles. The average Bonchev–Trinajstić information content (AvgIpc) is 2.38. The summed E-state index contributed by atoms with van der Waals surface area (Å²) >= 11 is 5.91. The van der Waals surface area contributed by atoms with Crippen LogP contribution in [0.25, 0.3) is 0 Å². The highest BCUT2D eigenvalue weighted by Gasteiger charge is 2.10. The third-order valence-electron chi connectivity index (χ3n) is 2.62. The summed E-state index contributed by atoms with van der Waals surface area (Å²) in [5.74, 6) is -0.288. The molecule has 0 bridgehead atoms. The standard InChI is InChI=1S/C14H13ClFNO/c15-11-3-1-2-10(8-11)14(9-18)17-13-6-4-12(16)5-7-13/h1-8,14,17-18H,9H2/t14-/m0/s1. The van der Waals surface area contributed by atoms with Crippen LogP contribution in [0.1, 0.15) is 11.6 Å². The molecule has 94 valence electrons. The lowest BCUT2D eigenvalue weighted by Gasteiger charge is -2.18. The summed E-state index contributed by atoms with van der Waals surface area (Å²) in [5, 5.41) is 13.1. The first-order chi connectivity index (χ1) is 8.69. The maximum Gasteiger partial charge on any atom is 0.123 e. The van der Waals surface area contributed by atoms with Crippen LogP contribution in [0.15, 0.2) is 48.5 Å². The van der Waals surface area contributed by atoms with E-state index in [1.165, 1.54) is 12.1 Å². The molecule has 0 aliphatic heterocycles. The molecular weight excluding hydrogens is 253 g/mol. The molecule has 0 aromatic heterocycles. The van der Waals surface area contributed by atoms with Gasteiger partial charge in [0.2, 0.25) is 0 Å². The maximum atomic E-state index is 12.8. The summed E-state index contributed by atoms with van der Waals surface area (Å²) in [5.41, 5.74) is 1.63. The van der Waals surface area contributed by atoms with Crippen molar-refractivity contribution in [3.8, 4) is 0 Å². The van der Waals surface area contributed by atoms with Gasteiger partial charge in [0.1, 0.15) is 5.82 Å². The van der Waals surface area contributed by atoms with E-state index in [9.17, 15) is 9.50 Å². The van der Waals surface area contributed by atoms with Gasteiger partial charge < -0.3 is 10.4 Å². The maximum absolute atomic E-state index is 12.8. The van der Waals surface area contributed by atoms with Crippen LogP contribution in [-0.4, -0.2) is 11.7 Å². The molecule has 0 fully saturated rings. The number of aliphatic hydroxyl groups excluding tert-OH is 1. The SMILES string of the molecule is OC[C@H](Nc1ccc(F)cc1)c1cccc(Cl)c1. The van der Waals surface area contributed by atoms with Gasteiger partial charge in [0.25, 0.3) is 0 Å². The lowest BCUT2D eigenvalue weighted by Crippen LogP contribution is -2.14. The van der Waals surface area contributed by atoms with E-state index in [2.05, 4.69) is 5.32 Å². The van der Waals surface area contributed by atoms with Crippen LogP contribution in [0.3, 0.4) is 0 Å². The molecule has 0 heterocycles. The van der Waals surface area contributed by atoms with Crippen molar-refractivity contribution in [1.29, 1.82) is 0 Å². The number of hydrogen-bond acceptors (Lipinski definition) is 2. The quantitative estimate of drug-likeness (QED) is 0.885. The third-order valence-corrected chi connectivity index (χ3v) is 2.85. The van der Waals surface area contributed by atoms with Crippen LogP contribution < -0.4 is 5.32 Å². The van der Waals surface area contributed by atoms with Crippen LogP contribution >= 0.6 is 11.6 Å². The summed E-state index contributed by atoms with van der Waals surface area (Å²) in [4.78, 5) is 0. The summed E-state index contributed by atoms with van der Waals surface area (Å²) < 4.78 is 12.8. The molecular formula is C14H13ClFNO. The van der Waals surface area contributed by atoms with Gasteiger partial charge in [-0.3, -0.25) is 0 Å². The number of nitrogens with one attached hydrogen (secondary N) is 1. The largest absolute Gasteiger partial charge is 0.394 e. The Morgan fingerprint density at radius 1 is 1.17 bits per heavy atom. The van der Waals surface area contributed by atoms with Crippen molar-refractivity contribution < 1.29 is 9.50 Å². The van der Waals surface area contributed by atoms with E-state index >= 15 is 0 Å². The van der Waals surface area contributed by atoms with Gasteiger partial charge in [-0.15, -0.1) is 0 Å². The number of aliphatic hydroxyl groups is 1. The van der Waals surface area contributed by atoms with Crippen LogP contribution in [0.2, 0.25) is 5.02 Å². The van der Waals surface area contributed by atoms with Gasteiger partial charge in [0, 0.05) is 10.7 Å². The zero-order valence-electron chi connectivity index (χ0n) is 9.61. The molecule has 2 nitrogen and oxygen atoms in total. The van der Waals surface area contributed by atoms with Crippen LogP contribution in [-0.2, 0) is 0 Å². The molecule has 2 N–H and O–H groups in total. The number of hydrogen-bond donors (Lipinski definition) is 2. The lowest BCUT2D eigenvalue weighted by atomic mass is 10.1. The van der Waals surface area contributed by atoms with E-state index in [1.807, 2.05) is 12.1 Å². The van der Waals surface area contributed by atoms with Crippen molar-refractivity contribution in [3.63, 3.8) is 0 Å². The Labute approximate surface area is 110 Å². The second-order valence-electron chi connectivity index (χ2n) is 3.94. The average molecular weight is 266 g/mol. The van der Waals surface area contributed by atoms with Crippen molar-refractivity contribution in [2.45, 2.75) is 6.04 Å². The molecule has 2 aromatic rings. The Kier molecular flexibility index (Phi) is 4.18. The minimum absolute atomic E-state index is 0.0717. The zero-order chi connectivity index (χ0) is 13.0. The molecule has 2 rings (SSSR count). The van der Waals surface area contributed by atoms with E-state index in [0.29, 0.717) is 5.02 Å². The summed E-state index contributed by atoms with van der Waals surface area (Å²) in [6, 6.07) is 13.0. The van der Waals surface area contributed by atoms with Gasteiger partial charge >= 0.3 is 0 Å². The number of rotatable bonds is 4. The lowest BCUT2D eigenvalue weighted by molar-refractivity contribution is 0.276. The smallest absolute Gasteiger partial charge is 0.123 e. The Bertz CT molecular complexity index is 515. The summed E-state index contributed by atoms with van der Waals surface area (Å²) in [6.07, 6.45) is 0. The Morgan fingerprint density at radius 3 is 2.50 bits per heavy atom. The fourth-order valence-electron chi connectivity index (χ4n) is 1.71. The van der Waals surface area contributed by atoms with E-state index in [0.717, 1.165) is 11.3 Å². The van der Waals surface area contributed by atoms with Crippen LogP contribution in [0, 0.1) is 5.82 Å². The first kappa shape index (κ1) is 12.9. The molecule has 0 aliphatic rings. The summed E-state index contributed by atoms with van der Waals surface area (Å²) in [7, 11) is 0. The summed E-state index contributed by atoms with van der Waals surface area (Å²) in [6.45, 7) is -0.0717. The molecule has 0 unspecified atom stereocenters. The molecule has 1 atom stereocenters. The van der Waals surface area contributed by atoms with E-state index < -0.39 is 0 Å². The Morgan fingerprint density at radius 2 is 1.89 bits per heavy atom. The predicted octanol–water partition coefficient (Wildman–Crippen LogP) is 3.62. The Balaban J connectivity index is 2.17. The van der Waals surface area contributed by atoms with E-state index in [4.69, 9.17) is 11.6 Å². The normalized spacial score (nSPS) is 12.2. The van der Waals surface area contributed by atoms with Gasteiger partial charge in [-0.25, -0.2) is 4.39 Å². The first-order valence-corrected chi connectivity index (χ1v) is 5.95. The predicted molar refractivity (Wildman–Crippen MR) is 71.3 cm³/mol. The number of anilines is 1. The first-order valence-electron chi connectivity index (χ1n) is 5.57. The molecule has 18 heavy (non-hydrogen) atoms. The molecule has 4 heteroatoms. The van der Waals surface area contributed by atoms with Crippen molar-refractivity contribution in [3.05, 3.63) is 64.9 Å². The van der Waals surface area contributed by atoms with Crippen LogP contribution in [0.5, 0.6) is 0 Å². The van der Waals surface area contributed by atoms with Gasteiger partial charge in [0.15, 0.2) is 0 Å². The minimum Gasteiger partial charge on any atom is -0.394 e. The number of benzene rings is 2. The van der Waals surface area contributed by atoms with Crippen molar-refractivity contribution in [1.82, 2.24) is 0 Å². The number of halogens is 2. The van der Waals surface area contributed by atoms with Crippen molar-refractivity contribution >= 4 is 17.3 Å². The van der Waals surface area contributed by atoms with Crippen molar-refractivity contribution in [2.75, 3.05) is 11.9 Å². The minimum atomic E-state index is -0.288. The highest BCUT2D eigenvalue weighted by atomic mass is 35.5. The third kappa shape index (κ3) is 3.22. The van der Waals surface area contributed by atoms with Crippen molar-refractivity contribution in [2.24, 2.45) is 0 Å². The zero-order valence-corrected chi connectivity index (χ0v) is 10.4. The highest BCUT2D eigenvalue weighted by Crippen LogP contribution is 2.22. The molecule has 0 radical (unpaired) electrons. The molecule has 0 saturated carbocycles. The van der Waals surface area contributed by atoms with Crippen LogP contribution in [0.4, 0.5) is 10.1 Å². The molecule has 0 spiro atoms. The van der Waals surface area contributed by atoms with E-state index in [1.54, 1.807) is 24.3 Å². The molecule has 2 aromatic carbocycles.